The van der Waals surface area contributed by atoms with Crippen LogP contribution in [0.4, 0.5) is 0 Å². The van der Waals surface area contributed by atoms with Crippen molar-refractivity contribution in [3.63, 3.8) is 0 Å². The van der Waals surface area contributed by atoms with Crippen LogP contribution < -0.4 is 13.3 Å². The van der Waals surface area contributed by atoms with Crippen molar-refractivity contribution >= 4 is 26.4 Å². The van der Waals surface area contributed by atoms with Crippen molar-refractivity contribution in [1.82, 2.24) is 0 Å². The van der Waals surface area contributed by atoms with Crippen LogP contribution >= 0.6 is 0 Å². The quantitative estimate of drug-likeness (QED) is 0.0481. The van der Waals surface area contributed by atoms with Crippen LogP contribution in [-0.2, 0) is 0 Å². The van der Waals surface area contributed by atoms with Gasteiger partial charge in [0.25, 0.3) is 0 Å². The second kappa shape index (κ2) is 44.5. The van der Waals surface area contributed by atoms with Gasteiger partial charge in [0, 0.05) is 0 Å². The van der Waals surface area contributed by atoms with Gasteiger partial charge >= 0.3 is 9.76 Å². The molecule has 0 spiro atoms. The van der Waals surface area contributed by atoms with Crippen LogP contribution in [0.2, 0.25) is 43.3 Å². The average molecular weight is 958 g/mol. The SMILES string of the molecule is CCCCCCCCCC[Si]Oc1c(C)ccc(O[Si](C)(CCCCCCCCCC)CCCCCCCCCC)c1O[Si](C)(CCCCCCCCCC)CCCCCCCCCC. The molecule has 0 heterocycles. The lowest BCUT2D eigenvalue weighted by atomic mass is 10.1. The molecule has 0 atom stereocenters. The standard InChI is InChI=1S/C59H116O3Si3/c1-9-14-19-24-29-34-39-44-51-63-60-58-56(6)49-50-57(61-64(7,52-45-40-35-30-25-20-15-10-2)53-46-41-36-31-26-21-16-11-3)59(58)62-65(8,54-47-42-37-32-27-22-17-12-4)55-48-43-38-33-28-23-18-13-5/h49-50H,9-48,51-55H2,1-8H3. The minimum atomic E-state index is -2.13. The number of unbranched alkanes of at least 4 members (excludes halogenated alkanes) is 35. The second-order valence-electron chi connectivity index (χ2n) is 21.5. The molecule has 0 bridgehead atoms. The molecule has 6 heteroatoms. The summed E-state index contributed by atoms with van der Waals surface area (Å²) in [6.45, 7) is 19.1. The van der Waals surface area contributed by atoms with Gasteiger partial charge < -0.3 is 13.3 Å². The molecule has 1 rings (SSSR count). The molecule has 0 saturated heterocycles. The zero-order chi connectivity index (χ0) is 47.4. The molecule has 382 valence electrons. The topological polar surface area (TPSA) is 27.7 Å². The Balaban J connectivity index is 3.38. The molecule has 0 aliphatic carbocycles. The summed E-state index contributed by atoms with van der Waals surface area (Å²) in [5.41, 5.74) is 1.22. The van der Waals surface area contributed by atoms with Crippen molar-refractivity contribution in [2.24, 2.45) is 0 Å². The van der Waals surface area contributed by atoms with E-state index in [0.717, 1.165) is 23.3 Å². The molecule has 0 fully saturated rings. The number of hydrogen-bond acceptors (Lipinski definition) is 3. The molecule has 0 unspecified atom stereocenters. The van der Waals surface area contributed by atoms with E-state index in [9.17, 15) is 0 Å². The second-order valence-corrected chi connectivity index (χ2v) is 30.7. The van der Waals surface area contributed by atoms with Gasteiger partial charge in [-0.2, -0.15) is 0 Å². The van der Waals surface area contributed by atoms with Gasteiger partial charge in [-0.3, -0.25) is 0 Å². The van der Waals surface area contributed by atoms with Crippen LogP contribution in [0.3, 0.4) is 0 Å². The molecule has 65 heavy (non-hydrogen) atoms. The summed E-state index contributed by atoms with van der Waals surface area (Å²) in [4.78, 5) is 0. The highest BCUT2D eigenvalue weighted by atomic mass is 28.4. The molecular weight excluding hydrogens is 841 g/mol. The van der Waals surface area contributed by atoms with Gasteiger partial charge in [-0.15, -0.1) is 0 Å². The number of hydrogen-bond donors (Lipinski definition) is 0. The van der Waals surface area contributed by atoms with Crippen LogP contribution in [0.15, 0.2) is 12.1 Å². The summed E-state index contributed by atoms with van der Waals surface area (Å²) in [6, 6.07) is 10.8. The fourth-order valence-corrected chi connectivity index (χ4v) is 17.1. The van der Waals surface area contributed by atoms with E-state index in [4.69, 9.17) is 13.3 Å². The highest BCUT2D eigenvalue weighted by Gasteiger charge is 2.36. The molecule has 3 nitrogen and oxygen atoms in total. The van der Waals surface area contributed by atoms with E-state index in [1.165, 1.54) is 287 Å². The lowest BCUT2D eigenvalue weighted by molar-refractivity contribution is 0.439. The van der Waals surface area contributed by atoms with Gasteiger partial charge in [0.15, 0.2) is 11.5 Å². The molecule has 0 N–H and O–H groups in total. The first-order valence-electron chi connectivity index (χ1n) is 29.7. The maximum atomic E-state index is 7.75. The minimum Gasteiger partial charge on any atom is -0.541 e. The van der Waals surface area contributed by atoms with E-state index in [0.29, 0.717) is 9.76 Å². The largest absolute Gasteiger partial charge is 0.541 e. The highest BCUT2D eigenvalue weighted by Crippen LogP contribution is 2.45. The van der Waals surface area contributed by atoms with Crippen LogP contribution in [0.1, 0.15) is 297 Å². The van der Waals surface area contributed by atoms with E-state index in [-0.39, 0.29) is 0 Å². The average Bonchev–Trinajstić information content (AvgIpc) is 3.29. The molecule has 0 aromatic heterocycles. The van der Waals surface area contributed by atoms with Gasteiger partial charge in [0.05, 0.1) is 0 Å². The van der Waals surface area contributed by atoms with E-state index in [2.05, 4.69) is 66.8 Å². The van der Waals surface area contributed by atoms with Crippen LogP contribution in [0, 0.1) is 6.92 Å². The zero-order valence-electron chi connectivity index (χ0n) is 45.7. The van der Waals surface area contributed by atoms with Gasteiger partial charge in [0.1, 0.15) is 5.75 Å². The fourth-order valence-electron chi connectivity index (χ4n) is 9.90. The van der Waals surface area contributed by atoms with Crippen molar-refractivity contribution in [2.45, 2.75) is 342 Å². The lowest BCUT2D eigenvalue weighted by Crippen LogP contribution is -2.40. The predicted octanol–water partition coefficient (Wildman–Crippen LogP) is 22.0. The Morgan fingerprint density at radius 3 is 0.938 bits per heavy atom. The summed E-state index contributed by atoms with van der Waals surface area (Å²) in [5.74, 6) is 3.05. The third-order valence-corrected chi connectivity index (χ3v) is 22.5. The summed E-state index contributed by atoms with van der Waals surface area (Å²) >= 11 is 0. The molecule has 1 aromatic rings. The predicted molar refractivity (Wildman–Crippen MR) is 299 cm³/mol. The molecule has 1 aromatic carbocycles. The van der Waals surface area contributed by atoms with Crippen LogP contribution in [-0.4, -0.2) is 26.4 Å². The Labute approximate surface area is 414 Å². The first-order chi connectivity index (χ1) is 31.8. The Hall–Kier alpha value is -0.729. The van der Waals surface area contributed by atoms with Gasteiger partial charge in [-0.1, -0.05) is 298 Å². The third-order valence-electron chi connectivity index (χ3n) is 14.5. The van der Waals surface area contributed by atoms with Gasteiger partial charge in [-0.05, 0) is 61.9 Å². The van der Waals surface area contributed by atoms with E-state index in [1.54, 1.807) is 0 Å². The maximum Gasteiger partial charge on any atom is 0.310 e. The van der Waals surface area contributed by atoms with Crippen molar-refractivity contribution in [3.05, 3.63) is 17.7 Å². The highest BCUT2D eigenvalue weighted by molar-refractivity contribution is 6.74. The van der Waals surface area contributed by atoms with Crippen molar-refractivity contribution in [3.8, 4) is 17.2 Å². The van der Waals surface area contributed by atoms with Crippen LogP contribution in [0.5, 0.6) is 17.2 Å². The number of rotatable bonds is 51. The zero-order valence-corrected chi connectivity index (χ0v) is 48.7. The van der Waals surface area contributed by atoms with E-state index in [1.807, 2.05) is 0 Å². The summed E-state index contributed by atoms with van der Waals surface area (Å²) in [7, 11) is -3.74. The maximum absolute atomic E-state index is 7.75. The molecule has 2 radical (unpaired) electrons. The van der Waals surface area contributed by atoms with Crippen LogP contribution in [0.25, 0.3) is 0 Å². The Morgan fingerprint density at radius 1 is 0.338 bits per heavy atom. The van der Waals surface area contributed by atoms with Crippen molar-refractivity contribution < 1.29 is 13.3 Å². The molecule has 0 aliphatic heterocycles. The molecule has 0 aliphatic rings. The first-order valence-corrected chi connectivity index (χ1v) is 36.4. The fraction of sp³-hybridized carbons (Fsp3) is 0.898. The minimum absolute atomic E-state index is 0.476. The third kappa shape index (κ3) is 35.1. The summed E-state index contributed by atoms with van der Waals surface area (Å²) in [6.07, 6.45) is 54.7. The lowest BCUT2D eigenvalue weighted by Gasteiger charge is -2.34. The Kier molecular flexibility index (Phi) is 42.6. The monoisotopic (exact) mass is 957 g/mol. The molecule has 0 saturated carbocycles. The summed E-state index contributed by atoms with van der Waals surface area (Å²) < 4.78 is 22.4. The van der Waals surface area contributed by atoms with E-state index >= 15 is 0 Å². The summed E-state index contributed by atoms with van der Waals surface area (Å²) in [5, 5.41) is 0. The molecular formula is C59H116O3Si3. The van der Waals surface area contributed by atoms with Crippen molar-refractivity contribution in [2.75, 3.05) is 0 Å². The molecule has 0 amide bonds. The number of benzene rings is 1. The Morgan fingerprint density at radius 2 is 0.615 bits per heavy atom. The first kappa shape index (κ1) is 62.3. The van der Waals surface area contributed by atoms with Gasteiger partial charge in [0.2, 0.25) is 16.6 Å². The van der Waals surface area contributed by atoms with Crippen molar-refractivity contribution in [1.29, 1.82) is 0 Å². The Bertz CT molecular complexity index is 1120. The normalized spacial score (nSPS) is 12.1. The smallest absolute Gasteiger partial charge is 0.310 e. The van der Waals surface area contributed by atoms with E-state index < -0.39 is 16.6 Å². The van der Waals surface area contributed by atoms with Gasteiger partial charge in [-0.25, -0.2) is 0 Å². The number of aryl methyl sites for hydroxylation is 1.